The summed E-state index contributed by atoms with van der Waals surface area (Å²) in [6, 6.07) is 7.83. The van der Waals surface area contributed by atoms with E-state index in [-0.39, 0.29) is 6.03 Å². The SMILES string of the molecule is Cc1ccccc1NC(=O)N1CCSC1. The van der Waals surface area contributed by atoms with E-state index in [0.717, 1.165) is 29.4 Å². The van der Waals surface area contributed by atoms with Gasteiger partial charge in [0.05, 0.1) is 5.88 Å². The predicted octanol–water partition coefficient (Wildman–Crippen LogP) is 2.53. The van der Waals surface area contributed by atoms with Gasteiger partial charge in [0.1, 0.15) is 0 Å². The quantitative estimate of drug-likeness (QED) is 0.792. The maximum atomic E-state index is 11.8. The topological polar surface area (TPSA) is 32.3 Å². The molecule has 0 atom stereocenters. The number of hydrogen-bond acceptors (Lipinski definition) is 2. The maximum absolute atomic E-state index is 11.8. The van der Waals surface area contributed by atoms with Gasteiger partial charge in [-0.05, 0) is 18.6 Å². The van der Waals surface area contributed by atoms with Gasteiger partial charge in [0.2, 0.25) is 0 Å². The molecule has 0 saturated carbocycles. The third-order valence-electron chi connectivity index (χ3n) is 2.43. The van der Waals surface area contributed by atoms with Crippen molar-refractivity contribution >= 4 is 23.5 Å². The first-order valence-electron chi connectivity index (χ1n) is 4.96. The van der Waals surface area contributed by atoms with Gasteiger partial charge in [0.15, 0.2) is 0 Å². The molecule has 80 valence electrons. The summed E-state index contributed by atoms with van der Waals surface area (Å²) in [6.45, 7) is 2.84. The van der Waals surface area contributed by atoms with Crippen LogP contribution in [-0.2, 0) is 0 Å². The maximum Gasteiger partial charge on any atom is 0.322 e. The lowest BCUT2D eigenvalue weighted by molar-refractivity contribution is 0.225. The highest BCUT2D eigenvalue weighted by molar-refractivity contribution is 7.99. The number of amides is 2. The summed E-state index contributed by atoms with van der Waals surface area (Å²) in [5.74, 6) is 1.85. The van der Waals surface area contributed by atoms with E-state index >= 15 is 0 Å². The van der Waals surface area contributed by atoms with E-state index in [4.69, 9.17) is 0 Å². The fourth-order valence-electron chi connectivity index (χ4n) is 1.48. The zero-order chi connectivity index (χ0) is 10.7. The predicted molar refractivity (Wildman–Crippen MR) is 64.2 cm³/mol. The molecule has 1 aliphatic heterocycles. The van der Waals surface area contributed by atoms with Gasteiger partial charge in [0, 0.05) is 18.0 Å². The first-order valence-corrected chi connectivity index (χ1v) is 6.12. The van der Waals surface area contributed by atoms with Crippen LogP contribution in [0.5, 0.6) is 0 Å². The fraction of sp³-hybridized carbons (Fsp3) is 0.364. The van der Waals surface area contributed by atoms with Crippen molar-refractivity contribution < 1.29 is 4.79 Å². The Kier molecular flexibility index (Phi) is 3.16. The Balaban J connectivity index is 2.02. The molecule has 1 fully saturated rings. The number of urea groups is 1. The molecule has 0 radical (unpaired) electrons. The number of para-hydroxylation sites is 1. The average molecular weight is 222 g/mol. The number of rotatable bonds is 1. The van der Waals surface area contributed by atoms with Gasteiger partial charge in [-0.25, -0.2) is 4.79 Å². The van der Waals surface area contributed by atoms with Crippen molar-refractivity contribution in [2.75, 3.05) is 23.5 Å². The molecule has 0 aliphatic carbocycles. The van der Waals surface area contributed by atoms with Crippen LogP contribution >= 0.6 is 11.8 Å². The summed E-state index contributed by atoms with van der Waals surface area (Å²) in [7, 11) is 0. The molecular weight excluding hydrogens is 208 g/mol. The molecule has 4 heteroatoms. The normalized spacial score (nSPS) is 15.4. The summed E-state index contributed by atoms with van der Waals surface area (Å²) in [6.07, 6.45) is 0. The molecule has 1 saturated heterocycles. The Morgan fingerprint density at radius 2 is 2.27 bits per heavy atom. The van der Waals surface area contributed by atoms with Gasteiger partial charge in [0.25, 0.3) is 0 Å². The van der Waals surface area contributed by atoms with Crippen LogP contribution in [-0.4, -0.2) is 29.1 Å². The molecule has 1 aromatic rings. The Bertz CT molecular complexity index is 361. The van der Waals surface area contributed by atoms with Crippen LogP contribution in [0.4, 0.5) is 10.5 Å². The van der Waals surface area contributed by atoms with Crippen LogP contribution in [0.3, 0.4) is 0 Å². The number of carbonyl (C=O) groups excluding carboxylic acids is 1. The lowest BCUT2D eigenvalue weighted by Gasteiger charge is -2.16. The molecule has 1 aliphatic rings. The van der Waals surface area contributed by atoms with Crippen LogP contribution in [0.25, 0.3) is 0 Å². The van der Waals surface area contributed by atoms with Gasteiger partial charge in [-0.2, -0.15) is 0 Å². The summed E-state index contributed by atoms with van der Waals surface area (Å²) in [5.41, 5.74) is 2.00. The Hall–Kier alpha value is -1.16. The molecule has 15 heavy (non-hydrogen) atoms. The van der Waals surface area contributed by atoms with E-state index in [1.54, 1.807) is 11.8 Å². The molecule has 2 amide bonds. The van der Waals surface area contributed by atoms with Crippen LogP contribution < -0.4 is 5.32 Å². The molecule has 0 unspecified atom stereocenters. The van der Waals surface area contributed by atoms with E-state index in [9.17, 15) is 4.79 Å². The van der Waals surface area contributed by atoms with E-state index in [1.165, 1.54) is 0 Å². The van der Waals surface area contributed by atoms with Crippen LogP contribution in [0.1, 0.15) is 5.56 Å². The van der Waals surface area contributed by atoms with Crippen molar-refractivity contribution in [3.63, 3.8) is 0 Å². The number of benzene rings is 1. The highest BCUT2D eigenvalue weighted by atomic mass is 32.2. The van der Waals surface area contributed by atoms with Gasteiger partial charge < -0.3 is 10.2 Å². The van der Waals surface area contributed by atoms with Gasteiger partial charge in [-0.15, -0.1) is 11.8 Å². The Labute approximate surface area is 93.8 Å². The molecular formula is C11H14N2OS. The van der Waals surface area contributed by atoms with E-state index in [2.05, 4.69) is 5.32 Å². The third kappa shape index (κ3) is 2.45. The minimum Gasteiger partial charge on any atom is -0.314 e. The number of hydrogen-bond donors (Lipinski definition) is 1. The Morgan fingerprint density at radius 3 is 2.93 bits per heavy atom. The van der Waals surface area contributed by atoms with Crippen molar-refractivity contribution in [3.8, 4) is 0 Å². The standard InChI is InChI=1S/C11H14N2OS/c1-9-4-2-3-5-10(9)12-11(14)13-6-7-15-8-13/h2-5H,6-8H2,1H3,(H,12,14). The van der Waals surface area contributed by atoms with Crippen molar-refractivity contribution in [1.29, 1.82) is 0 Å². The molecule has 0 bridgehead atoms. The minimum atomic E-state index is 0.00861. The third-order valence-corrected chi connectivity index (χ3v) is 3.39. The number of aryl methyl sites for hydroxylation is 1. The second-order valence-electron chi connectivity index (χ2n) is 3.55. The number of thioether (sulfide) groups is 1. The molecule has 1 heterocycles. The molecule has 3 nitrogen and oxygen atoms in total. The van der Waals surface area contributed by atoms with Gasteiger partial charge in [-0.3, -0.25) is 0 Å². The lowest BCUT2D eigenvalue weighted by Crippen LogP contribution is -2.32. The van der Waals surface area contributed by atoms with Crippen molar-refractivity contribution in [2.24, 2.45) is 0 Å². The highest BCUT2D eigenvalue weighted by Crippen LogP contribution is 2.17. The van der Waals surface area contributed by atoms with Crippen molar-refractivity contribution in [3.05, 3.63) is 29.8 Å². The first kappa shape index (κ1) is 10.4. The summed E-state index contributed by atoms with van der Waals surface area (Å²) >= 11 is 1.79. The zero-order valence-electron chi connectivity index (χ0n) is 8.69. The fourth-order valence-corrected chi connectivity index (χ4v) is 2.43. The van der Waals surface area contributed by atoms with E-state index < -0.39 is 0 Å². The van der Waals surface area contributed by atoms with Gasteiger partial charge in [-0.1, -0.05) is 18.2 Å². The number of carbonyl (C=O) groups is 1. The van der Waals surface area contributed by atoms with Gasteiger partial charge >= 0.3 is 6.03 Å². The monoisotopic (exact) mass is 222 g/mol. The smallest absolute Gasteiger partial charge is 0.314 e. The van der Waals surface area contributed by atoms with Crippen molar-refractivity contribution in [1.82, 2.24) is 4.90 Å². The molecule has 0 aromatic heterocycles. The highest BCUT2D eigenvalue weighted by Gasteiger charge is 2.18. The second kappa shape index (κ2) is 4.57. The lowest BCUT2D eigenvalue weighted by atomic mass is 10.2. The molecule has 2 rings (SSSR count). The van der Waals surface area contributed by atoms with Crippen LogP contribution in [0, 0.1) is 6.92 Å². The summed E-state index contributed by atoms with van der Waals surface area (Å²) in [5, 5.41) is 2.93. The van der Waals surface area contributed by atoms with E-state index in [0.29, 0.717) is 0 Å². The largest absolute Gasteiger partial charge is 0.322 e. The van der Waals surface area contributed by atoms with E-state index in [1.807, 2.05) is 36.1 Å². The Morgan fingerprint density at radius 1 is 1.47 bits per heavy atom. The zero-order valence-corrected chi connectivity index (χ0v) is 9.51. The molecule has 0 spiro atoms. The van der Waals surface area contributed by atoms with Crippen LogP contribution in [0.15, 0.2) is 24.3 Å². The molecule has 1 aromatic carbocycles. The number of nitrogens with zero attached hydrogens (tertiary/aromatic N) is 1. The minimum absolute atomic E-state index is 0.00861. The average Bonchev–Trinajstić information content (AvgIpc) is 2.74. The van der Waals surface area contributed by atoms with Crippen LogP contribution in [0.2, 0.25) is 0 Å². The second-order valence-corrected chi connectivity index (χ2v) is 4.62. The summed E-state index contributed by atoms with van der Waals surface area (Å²) in [4.78, 5) is 13.6. The first-order chi connectivity index (χ1) is 7.27. The number of nitrogens with one attached hydrogen (secondary N) is 1. The number of anilines is 1. The van der Waals surface area contributed by atoms with Crippen molar-refractivity contribution in [2.45, 2.75) is 6.92 Å². The summed E-state index contributed by atoms with van der Waals surface area (Å²) < 4.78 is 0. The molecule has 1 N–H and O–H groups in total.